The normalized spacial score (nSPS) is 20.1. The SMILES string of the molecule is FC(F)(F)c1cc(Br)cc(NCC2CCCO2)c1. The van der Waals surface area contributed by atoms with E-state index in [1.54, 1.807) is 6.07 Å². The highest BCUT2D eigenvalue weighted by Crippen LogP contribution is 2.33. The third-order valence-corrected chi connectivity index (χ3v) is 3.24. The fourth-order valence-corrected chi connectivity index (χ4v) is 2.39. The van der Waals surface area contributed by atoms with Crippen molar-refractivity contribution in [3.63, 3.8) is 0 Å². The van der Waals surface area contributed by atoms with Gasteiger partial charge in [-0.15, -0.1) is 0 Å². The van der Waals surface area contributed by atoms with Crippen molar-refractivity contribution in [3.8, 4) is 0 Å². The molecule has 1 saturated heterocycles. The molecule has 1 aliphatic rings. The van der Waals surface area contributed by atoms with Crippen LogP contribution in [0.4, 0.5) is 18.9 Å². The Bertz CT molecular complexity index is 416. The first kappa shape index (κ1) is 13.7. The van der Waals surface area contributed by atoms with E-state index in [4.69, 9.17) is 4.74 Å². The third-order valence-electron chi connectivity index (χ3n) is 2.78. The van der Waals surface area contributed by atoms with Crippen LogP contribution in [0.25, 0.3) is 0 Å². The molecule has 0 amide bonds. The lowest BCUT2D eigenvalue weighted by Gasteiger charge is -2.14. The molecule has 2 rings (SSSR count). The van der Waals surface area contributed by atoms with Crippen LogP contribution < -0.4 is 5.32 Å². The summed E-state index contributed by atoms with van der Waals surface area (Å²) in [7, 11) is 0. The lowest BCUT2D eigenvalue weighted by atomic mass is 10.2. The van der Waals surface area contributed by atoms with Gasteiger partial charge in [-0.25, -0.2) is 0 Å². The third kappa shape index (κ3) is 3.62. The van der Waals surface area contributed by atoms with E-state index in [9.17, 15) is 13.2 Å². The van der Waals surface area contributed by atoms with Crippen LogP contribution in [0.3, 0.4) is 0 Å². The molecule has 100 valence electrons. The van der Waals surface area contributed by atoms with Gasteiger partial charge in [-0.3, -0.25) is 0 Å². The monoisotopic (exact) mass is 323 g/mol. The molecule has 1 aromatic rings. The van der Waals surface area contributed by atoms with Gasteiger partial charge in [0, 0.05) is 23.3 Å². The van der Waals surface area contributed by atoms with Gasteiger partial charge in [0.15, 0.2) is 0 Å². The van der Waals surface area contributed by atoms with Crippen LogP contribution in [0, 0.1) is 0 Å². The van der Waals surface area contributed by atoms with E-state index >= 15 is 0 Å². The molecule has 0 spiro atoms. The van der Waals surface area contributed by atoms with Gasteiger partial charge in [0.25, 0.3) is 0 Å². The number of rotatable bonds is 3. The predicted octanol–water partition coefficient (Wildman–Crippen LogP) is 4.06. The van der Waals surface area contributed by atoms with Gasteiger partial charge in [0.1, 0.15) is 0 Å². The molecule has 1 heterocycles. The first-order valence-corrected chi connectivity index (χ1v) is 6.48. The summed E-state index contributed by atoms with van der Waals surface area (Å²) in [5.74, 6) is 0. The summed E-state index contributed by atoms with van der Waals surface area (Å²) < 4.78 is 43.7. The molecule has 0 aromatic heterocycles. The summed E-state index contributed by atoms with van der Waals surface area (Å²) in [6, 6.07) is 3.81. The molecule has 0 radical (unpaired) electrons. The number of alkyl halides is 3. The van der Waals surface area contributed by atoms with Crippen molar-refractivity contribution in [3.05, 3.63) is 28.2 Å². The fraction of sp³-hybridized carbons (Fsp3) is 0.500. The number of hydrogen-bond acceptors (Lipinski definition) is 2. The topological polar surface area (TPSA) is 21.3 Å². The number of benzene rings is 1. The summed E-state index contributed by atoms with van der Waals surface area (Å²) in [6.07, 6.45) is -2.27. The molecule has 1 aliphatic heterocycles. The number of ether oxygens (including phenoxy) is 1. The van der Waals surface area contributed by atoms with Gasteiger partial charge in [-0.1, -0.05) is 15.9 Å². The molecule has 0 bridgehead atoms. The Labute approximate surface area is 112 Å². The van der Waals surface area contributed by atoms with Gasteiger partial charge >= 0.3 is 6.18 Å². The van der Waals surface area contributed by atoms with Crippen molar-refractivity contribution in [2.45, 2.75) is 25.1 Å². The van der Waals surface area contributed by atoms with Crippen LogP contribution in [-0.4, -0.2) is 19.3 Å². The van der Waals surface area contributed by atoms with Crippen molar-refractivity contribution in [2.75, 3.05) is 18.5 Å². The molecule has 18 heavy (non-hydrogen) atoms. The van der Waals surface area contributed by atoms with Crippen LogP contribution in [0.15, 0.2) is 22.7 Å². The lowest BCUT2D eigenvalue weighted by Crippen LogP contribution is -2.18. The van der Waals surface area contributed by atoms with Crippen molar-refractivity contribution in [1.29, 1.82) is 0 Å². The Balaban J connectivity index is 2.05. The second-order valence-electron chi connectivity index (χ2n) is 4.24. The number of hydrogen-bond donors (Lipinski definition) is 1. The van der Waals surface area contributed by atoms with E-state index in [-0.39, 0.29) is 6.10 Å². The molecule has 0 saturated carbocycles. The van der Waals surface area contributed by atoms with Gasteiger partial charge in [-0.05, 0) is 31.0 Å². The second kappa shape index (κ2) is 5.48. The van der Waals surface area contributed by atoms with E-state index in [1.807, 2.05) is 0 Å². The van der Waals surface area contributed by atoms with Crippen LogP contribution in [0.1, 0.15) is 18.4 Å². The first-order chi connectivity index (χ1) is 8.45. The van der Waals surface area contributed by atoms with E-state index in [0.29, 0.717) is 16.7 Å². The van der Waals surface area contributed by atoms with Gasteiger partial charge < -0.3 is 10.1 Å². The predicted molar refractivity (Wildman–Crippen MR) is 66.6 cm³/mol. The van der Waals surface area contributed by atoms with Crippen LogP contribution >= 0.6 is 15.9 Å². The second-order valence-corrected chi connectivity index (χ2v) is 5.16. The average molecular weight is 324 g/mol. The highest BCUT2D eigenvalue weighted by molar-refractivity contribution is 9.10. The highest BCUT2D eigenvalue weighted by atomic mass is 79.9. The smallest absolute Gasteiger partial charge is 0.382 e. The molecule has 2 nitrogen and oxygen atoms in total. The maximum atomic E-state index is 12.6. The molecule has 6 heteroatoms. The maximum absolute atomic E-state index is 12.6. The van der Waals surface area contributed by atoms with E-state index in [0.717, 1.165) is 31.6 Å². The Morgan fingerprint density at radius 2 is 2.11 bits per heavy atom. The van der Waals surface area contributed by atoms with Crippen molar-refractivity contribution < 1.29 is 17.9 Å². The van der Waals surface area contributed by atoms with Crippen LogP contribution in [-0.2, 0) is 10.9 Å². The molecular weight excluding hydrogens is 311 g/mol. The lowest BCUT2D eigenvalue weighted by molar-refractivity contribution is -0.137. The molecule has 1 unspecified atom stereocenters. The molecule has 0 aliphatic carbocycles. The zero-order valence-corrected chi connectivity index (χ0v) is 11.1. The molecule has 1 N–H and O–H groups in total. The summed E-state index contributed by atoms with van der Waals surface area (Å²) in [5, 5.41) is 2.98. The Morgan fingerprint density at radius 1 is 1.33 bits per heavy atom. The maximum Gasteiger partial charge on any atom is 0.416 e. The minimum absolute atomic E-state index is 0.0957. The van der Waals surface area contributed by atoms with Gasteiger partial charge in [0.05, 0.1) is 11.7 Å². The van der Waals surface area contributed by atoms with Crippen molar-refractivity contribution in [2.24, 2.45) is 0 Å². The number of anilines is 1. The Hall–Kier alpha value is -0.750. The van der Waals surface area contributed by atoms with E-state index < -0.39 is 11.7 Å². The van der Waals surface area contributed by atoms with Crippen molar-refractivity contribution >= 4 is 21.6 Å². The van der Waals surface area contributed by atoms with Crippen molar-refractivity contribution in [1.82, 2.24) is 0 Å². The highest BCUT2D eigenvalue weighted by Gasteiger charge is 2.31. The van der Waals surface area contributed by atoms with Crippen LogP contribution in [0.5, 0.6) is 0 Å². The van der Waals surface area contributed by atoms with E-state index in [2.05, 4.69) is 21.2 Å². The Kier molecular flexibility index (Phi) is 4.17. The number of nitrogens with one attached hydrogen (secondary N) is 1. The standard InChI is InChI=1S/C12H13BrF3NO/c13-9-4-8(12(14,15)16)5-10(6-9)17-7-11-2-1-3-18-11/h4-6,11,17H,1-3,7H2. The summed E-state index contributed by atoms with van der Waals surface area (Å²) in [6.45, 7) is 1.27. The van der Waals surface area contributed by atoms with Gasteiger partial charge in [0.2, 0.25) is 0 Å². The quantitative estimate of drug-likeness (QED) is 0.905. The summed E-state index contributed by atoms with van der Waals surface area (Å²) in [4.78, 5) is 0. The zero-order chi connectivity index (χ0) is 13.2. The first-order valence-electron chi connectivity index (χ1n) is 5.68. The summed E-state index contributed by atoms with van der Waals surface area (Å²) in [5.41, 5.74) is -0.209. The minimum atomic E-state index is -4.33. The summed E-state index contributed by atoms with van der Waals surface area (Å²) >= 11 is 3.09. The van der Waals surface area contributed by atoms with Gasteiger partial charge in [-0.2, -0.15) is 13.2 Å². The number of halogens is 4. The Morgan fingerprint density at radius 3 is 2.72 bits per heavy atom. The molecule has 1 atom stereocenters. The molecular formula is C12H13BrF3NO. The minimum Gasteiger partial charge on any atom is -0.382 e. The fourth-order valence-electron chi connectivity index (χ4n) is 1.89. The average Bonchev–Trinajstić information content (AvgIpc) is 2.77. The molecule has 1 fully saturated rings. The zero-order valence-electron chi connectivity index (χ0n) is 9.56. The largest absolute Gasteiger partial charge is 0.416 e. The molecule has 1 aromatic carbocycles. The van der Waals surface area contributed by atoms with E-state index in [1.165, 1.54) is 0 Å². The van der Waals surface area contributed by atoms with Crippen LogP contribution in [0.2, 0.25) is 0 Å².